The summed E-state index contributed by atoms with van der Waals surface area (Å²) in [5.74, 6) is 0.741. The Morgan fingerprint density at radius 2 is 2.21 bits per heavy atom. The maximum absolute atomic E-state index is 6.15. The first-order chi connectivity index (χ1) is 9.15. The highest BCUT2D eigenvalue weighted by Gasteiger charge is 2.22. The average Bonchev–Trinajstić information content (AvgIpc) is 2.94. The fraction of sp³-hybridized carbons (Fsp3) is 0.786. The first-order valence-corrected chi connectivity index (χ1v) is 8.47. The molecule has 0 spiro atoms. The van der Waals surface area contributed by atoms with Crippen LogP contribution in [-0.4, -0.2) is 21.7 Å². The highest BCUT2D eigenvalue weighted by molar-refractivity contribution is 9.10. The number of hydrogen-bond donors (Lipinski definition) is 1. The summed E-state index contributed by atoms with van der Waals surface area (Å²) >= 11 is 9.83. The Bertz CT molecular complexity index is 419. The second-order valence-corrected chi connectivity index (χ2v) is 6.69. The molecule has 0 bridgehead atoms. The molecule has 1 aromatic heterocycles. The van der Waals surface area contributed by atoms with E-state index in [0.717, 1.165) is 44.1 Å². The molecule has 1 saturated carbocycles. The maximum Gasteiger partial charge on any atom is 0.0767 e. The van der Waals surface area contributed by atoms with Gasteiger partial charge in [-0.05, 0) is 61.0 Å². The Hall–Kier alpha value is -0.0600. The summed E-state index contributed by atoms with van der Waals surface area (Å²) in [6, 6.07) is 0. The molecule has 0 radical (unpaired) electrons. The molecule has 19 heavy (non-hydrogen) atoms. The van der Waals surface area contributed by atoms with Gasteiger partial charge in [0.1, 0.15) is 0 Å². The zero-order valence-electron chi connectivity index (χ0n) is 11.8. The summed E-state index contributed by atoms with van der Waals surface area (Å²) in [5.41, 5.74) is 2.42. The molecule has 5 heteroatoms. The van der Waals surface area contributed by atoms with Gasteiger partial charge in [0.15, 0.2) is 0 Å². The number of halogens is 2. The minimum absolute atomic E-state index is 0.395. The fourth-order valence-corrected chi connectivity index (χ4v) is 3.86. The molecule has 1 heterocycles. The predicted molar refractivity (Wildman–Crippen MR) is 83.7 cm³/mol. The third kappa shape index (κ3) is 3.73. The SMILES string of the molecule is CCc1nn(CC)c(CNCC2CCC(Cl)C2)c1Br. The molecule has 0 amide bonds. The zero-order valence-corrected chi connectivity index (χ0v) is 14.1. The van der Waals surface area contributed by atoms with Crippen LogP contribution < -0.4 is 5.32 Å². The van der Waals surface area contributed by atoms with Crippen molar-refractivity contribution in [2.24, 2.45) is 5.92 Å². The molecule has 3 nitrogen and oxygen atoms in total. The summed E-state index contributed by atoms with van der Waals surface area (Å²) in [6.07, 6.45) is 4.56. The third-order valence-electron chi connectivity index (χ3n) is 3.90. The molecular weight excluding hydrogens is 326 g/mol. The van der Waals surface area contributed by atoms with E-state index in [4.69, 9.17) is 11.6 Å². The number of hydrogen-bond acceptors (Lipinski definition) is 2. The van der Waals surface area contributed by atoms with Gasteiger partial charge in [0, 0.05) is 18.5 Å². The van der Waals surface area contributed by atoms with Crippen LogP contribution in [0.5, 0.6) is 0 Å². The van der Waals surface area contributed by atoms with Gasteiger partial charge in [-0.1, -0.05) is 6.92 Å². The number of aromatic nitrogens is 2. The Morgan fingerprint density at radius 1 is 1.42 bits per heavy atom. The molecule has 1 aromatic rings. The van der Waals surface area contributed by atoms with Crippen molar-refractivity contribution in [1.29, 1.82) is 0 Å². The molecule has 2 unspecified atom stereocenters. The van der Waals surface area contributed by atoms with Crippen molar-refractivity contribution in [3.63, 3.8) is 0 Å². The number of rotatable bonds is 6. The van der Waals surface area contributed by atoms with Gasteiger partial charge in [0.2, 0.25) is 0 Å². The van der Waals surface area contributed by atoms with Crippen LogP contribution >= 0.6 is 27.5 Å². The molecule has 0 saturated heterocycles. The lowest BCUT2D eigenvalue weighted by atomic mass is 10.1. The van der Waals surface area contributed by atoms with E-state index >= 15 is 0 Å². The van der Waals surface area contributed by atoms with E-state index in [1.54, 1.807) is 0 Å². The minimum Gasteiger partial charge on any atom is -0.311 e. The average molecular weight is 349 g/mol. The van der Waals surface area contributed by atoms with Gasteiger partial charge in [-0.2, -0.15) is 5.10 Å². The van der Waals surface area contributed by atoms with Gasteiger partial charge in [-0.3, -0.25) is 4.68 Å². The molecule has 1 N–H and O–H groups in total. The number of nitrogens with zero attached hydrogens (tertiary/aromatic N) is 2. The predicted octanol–water partition coefficient (Wildman–Crippen LogP) is 3.73. The van der Waals surface area contributed by atoms with Crippen molar-refractivity contribution in [3.8, 4) is 0 Å². The van der Waals surface area contributed by atoms with E-state index in [2.05, 4.69) is 44.9 Å². The van der Waals surface area contributed by atoms with Crippen LogP contribution in [0.25, 0.3) is 0 Å². The zero-order chi connectivity index (χ0) is 13.8. The molecule has 0 aromatic carbocycles. The van der Waals surface area contributed by atoms with E-state index < -0.39 is 0 Å². The van der Waals surface area contributed by atoms with Crippen molar-refractivity contribution in [2.75, 3.05) is 6.54 Å². The van der Waals surface area contributed by atoms with E-state index in [0.29, 0.717) is 5.38 Å². The molecule has 0 aliphatic heterocycles. The van der Waals surface area contributed by atoms with Crippen LogP contribution in [0.1, 0.15) is 44.5 Å². The lowest BCUT2D eigenvalue weighted by Crippen LogP contribution is -2.23. The van der Waals surface area contributed by atoms with Crippen molar-refractivity contribution in [2.45, 2.75) is 58.0 Å². The van der Waals surface area contributed by atoms with Gasteiger partial charge >= 0.3 is 0 Å². The van der Waals surface area contributed by atoms with Gasteiger partial charge in [0.25, 0.3) is 0 Å². The van der Waals surface area contributed by atoms with Gasteiger partial charge < -0.3 is 5.32 Å². The summed E-state index contributed by atoms with van der Waals surface area (Å²) in [4.78, 5) is 0. The fourth-order valence-electron chi connectivity index (χ4n) is 2.78. The van der Waals surface area contributed by atoms with Gasteiger partial charge in [0.05, 0.1) is 15.9 Å². The van der Waals surface area contributed by atoms with Crippen molar-refractivity contribution < 1.29 is 0 Å². The summed E-state index contributed by atoms with van der Waals surface area (Å²) in [5, 5.41) is 8.58. The second-order valence-electron chi connectivity index (χ2n) is 5.28. The number of nitrogens with one attached hydrogen (secondary N) is 1. The van der Waals surface area contributed by atoms with Crippen molar-refractivity contribution >= 4 is 27.5 Å². The van der Waals surface area contributed by atoms with Crippen LogP contribution in [0.3, 0.4) is 0 Å². The van der Waals surface area contributed by atoms with Crippen LogP contribution in [0, 0.1) is 5.92 Å². The van der Waals surface area contributed by atoms with E-state index in [-0.39, 0.29) is 0 Å². The first kappa shape index (κ1) is 15.3. The van der Waals surface area contributed by atoms with Crippen LogP contribution in [0.4, 0.5) is 0 Å². The molecule has 1 aliphatic carbocycles. The highest BCUT2D eigenvalue weighted by atomic mass is 79.9. The van der Waals surface area contributed by atoms with Crippen LogP contribution in [0.15, 0.2) is 4.47 Å². The maximum atomic E-state index is 6.15. The molecule has 2 atom stereocenters. The van der Waals surface area contributed by atoms with E-state index in [1.165, 1.54) is 23.0 Å². The van der Waals surface area contributed by atoms with Crippen LogP contribution in [0.2, 0.25) is 0 Å². The number of alkyl halides is 1. The Kier molecular flexibility index (Phi) is 5.72. The normalized spacial score (nSPS) is 23.2. The molecular formula is C14H23BrClN3. The molecule has 1 fully saturated rings. The first-order valence-electron chi connectivity index (χ1n) is 7.24. The monoisotopic (exact) mass is 347 g/mol. The van der Waals surface area contributed by atoms with Gasteiger partial charge in [-0.25, -0.2) is 0 Å². The lowest BCUT2D eigenvalue weighted by molar-refractivity contribution is 0.477. The lowest BCUT2D eigenvalue weighted by Gasteiger charge is -2.12. The molecule has 1 aliphatic rings. The Morgan fingerprint density at radius 3 is 2.79 bits per heavy atom. The third-order valence-corrected chi connectivity index (χ3v) is 5.21. The second kappa shape index (κ2) is 7.09. The number of aryl methyl sites for hydroxylation is 2. The van der Waals surface area contributed by atoms with Crippen molar-refractivity contribution in [1.82, 2.24) is 15.1 Å². The summed E-state index contributed by atoms with van der Waals surface area (Å²) < 4.78 is 3.26. The Balaban J connectivity index is 1.90. The highest BCUT2D eigenvalue weighted by Crippen LogP contribution is 2.29. The standard InChI is InChI=1S/C14H23BrClN3/c1-3-12-14(15)13(19(4-2)18-12)9-17-8-10-5-6-11(16)7-10/h10-11,17H,3-9H2,1-2H3. The Labute approximate surface area is 129 Å². The summed E-state index contributed by atoms with van der Waals surface area (Å²) in [6.45, 7) is 7.14. The molecule has 108 valence electrons. The smallest absolute Gasteiger partial charge is 0.0767 e. The van der Waals surface area contributed by atoms with E-state index in [1.807, 2.05) is 0 Å². The van der Waals surface area contributed by atoms with Crippen molar-refractivity contribution in [3.05, 3.63) is 15.9 Å². The largest absolute Gasteiger partial charge is 0.311 e. The molecule has 2 rings (SSSR count). The topological polar surface area (TPSA) is 29.9 Å². The summed E-state index contributed by atoms with van der Waals surface area (Å²) in [7, 11) is 0. The van der Waals surface area contributed by atoms with E-state index in [9.17, 15) is 0 Å². The van der Waals surface area contributed by atoms with Gasteiger partial charge in [-0.15, -0.1) is 11.6 Å². The minimum atomic E-state index is 0.395. The quantitative estimate of drug-likeness (QED) is 0.794. The van der Waals surface area contributed by atoms with Crippen LogP contribution in [-0.2, 0) is 19.5 Å².